The summed E-state index contributed by atoms with van der Waals surface area (Å²) in [6, 6.07) is 13.8. The van der Waals surface area contributed by atoms with Gasteiger partial charge in [-0.2, -0.15) is 0 Å². The zero-order valence-electron chi connectivity index (χ0n) is 12.5. The first-order chi connectivity index (χ1) is 11.1. The molecule has 0 amide bonds. The molecule has 23 heavy (non-hydrogen) atoms. The Hall–Kier alpha value is -1.88. The van der Waals surface area contributed by atoms with Gasteiger partial charge in [0.05, 0.1) is 25.2 Å². The standard InChI is InChI=1S/C18H17ClO4/c19-15-5-1-13(2-6-15)17(21)14-3-7-16(8-4-14)23-12-18(9-20)10-22-11-18/h1-8,20H,9-12H2. The lowest BCUT2D eigenvalue weighted by atomic mass is 9.88. The molecule has 1 N–H and O–H groups in total. The van der Waals surface area contributed by atoms with Crippen molar-refractivity contribution in [2.45, 2.75) is 0 Å². The molecular formula is C18H17ClO4. The molecule has 1 aliphatic heterocycles. The molecule has 0 aromatic heterocycles. The van der Waals surface area contributed by atoms with Crippen molar-refractivity contribution in [3.8, 4) is 5.75 Å². The lowest BCUT2D eigenvalue weighted by Gasteiger charge is -2.39. The summed E-state index contributed by atoms with van der Waals surface area (Å²) in [7, 11) is 0. The zero-order chi connectivity index (χ0) is 16.3. The predicted octanol–water partition coefficient (Wildman–Crippen LogP) is 2.96. The Kier molecular flexibility index (Phi) is 4.66. The first kappa shape index (κ1) is 16.0. The van der Waals surface area contributed by atoms with Gasteiger partial charge in [-0.25, -0.2) is 0 Å². The minimum absolute atomic E-state index is 0.0418. The maximum Gasteiger partial charge on any atom is 0.193 e. The molecule has 120 valence electrons. The first-order valence-electron chi connectivity index (χ1n) is 7.34. The van der Waals surface area contributed by atoms with Crippen LogP contribution in [0.5, 0.6) is 5.75 Å². The Bertz CT molecular complexity index is 670. The van der Waals surface area contributed by atoms with Crippen molar-refractivity contribution >= 4 is 17.4 Å². The highest BCUT2D eigenvalue weighted by atomic mass is 35.5. The average Bonchev–Trinajstić information content (AvgIpc) is 2.55. The number of aliphatic hydroxyl groups excluding tert-OH is 1. The van der Waals surface area contributed by atoms with Crippen LogP contribution in [-0.2, 0) is 4.74 Å². The average molecular weight is 333 g/mol. The van der Waals surface area contributed by atoms with E-state index >= 15 is 0 Å². The Morgan fingerprint density at radius 3 is 2.13 bits per heavy atom. The van der Waals surface area contributed by atoms with Gasteiger partial charge in [-0.3, -0.25) is 4.79 Å². The molecular weight excluding hydrogens is 316 g/mol. The van der Waals surface area contributed by atoms with Crippen molar-refractivity contribution in [1.82, 2.24) is 0 Å². The fourth-order valence-corrected chi connectivity index (χ4v) is 2.44. The van der Waals surface area contributed by atoms with Crippen molar-refractivity contribution in [3.63, 3.8) is 0 Å². The Morgan fingerprint density at radius 2 is 1.65 bits per heavy atom. The topological polar surface area (TPSA) is 55.8 Å². The summed E-state index contributed by atoms with van der Waals surface area (Å²) < 4.78 is 10.8. The van der Waals surface area contributed by atoms with Crippen LogP contribution in [0.2, 0.25) is 5.02 Å². The summed E-state index contributed by atoms with van der Waals surface area (Å²) >= 11 is 5.83. The number of rotatable bonds is 6. The fraction of sp³-hybridized carbons (Fsp3) is 0.278. The Labute approximate surface area is 139 Å². The highest BCUT2D eigenvalue weighted by molar-refractivity contribution is 6.30. The third-order valence-corrected chi connectivity index (χ3v) is 4.17. The second kappa shape index (κ2) is 6.71. The number of aliphatic hydroxyl groups is 1. The SMILES string of the molecule is O=C(c1ccc(Cl)cc1)c1ccc(OCC2(CO)COC2)cc1. The molecule has 2 aromatic carbocycles. The first-order valence-corrected chi connectivity index (χ1v) is 7.71. The molecule has 3 rings (SSSR count). The number of benzene rings is 2. The molecule has 1 aliphatic rings. The van der Waals surface area contributed by atoms with Crippen LogP contribution in [0.4, 0.5) is 0 Å². The zero-order valence-corrected chi connectivity index (χ0v) is 13.3. The van der Waals surface area contributed by atoms with Crippen LogP contribution in [0.15, 0.2) is 48.5 Å². The van der Waals surface area contributed by atoms with Crippen molar-refractivity contribution in [3.05, 3.63) is 64.7 Å². The molecule has 0 aliphatic carbocycles. The molecule has 1 saturated heterocycles. The van der Waals surface area contributed by atoms with Crippen LogP contribution in [0.1, 0.15) is 15.9 Å². The van der Waals surface area contributed by atoms with Crippen LogP contribution in [-0.4, -0.2) is 37.3 Å². The van der Waals surface area contributed by atoms with E-state index in [4.69, 9.17) is 21.1 Å². The number of ketones is 1. The molecule has 0 saturated carbocycles. The maximum absolute atomic E-state index is 12.4. The second-order valence-electron chi connectivity index (χ2n) is 5.80. The number of ether oxygens (including phenoxy) is 2. The van der Waals surface area contributed by atoms with E-state index in [1.807, 2.05) is 0 Å². The number of carbonyl (C=O) groups is 1. The van der Waals surface area contributed by atoms with Crippen LogP contribution in [0.3, 0.4) is 0 Å². The van der Waals surface area contributed by atoms with Gasteiger partial charge in [0.15, 0.2) is 5.78 Å². The molecule has 0 bridgehead atoms. The summed E-state index contributed by atoms with van der Waals surface area (Å²) in [5.74, 6) is 0.602. The van der Waals surface area contributed by atoms with E-state index in [9.17, 15) is 9.90 Å². The van der Waals surface area contributed by atoms with Gasteiger partial charge in [-0.15, -0.1) is 0 Å². The van der Waals surface area contributed by atoms with Crippen LogP contribution in [0, 0.1) is 5.41 Å². The second-order valence-corrected chi connectivity index (χ2v) is 6.24. The van der Waals surface area contributed by atoms with Gasteiger partial charge in [0.1, 0.15) is 12.4 Å². The van der Waals surface area contributed by atoms with E-state index in [1.165, 1.54) is 0 Å². The van der Waals surface area contributed by atoms with Gasteiger partial charge in [-0.1, -0.05) is 11.6 Å². The summed E-state index contributed by atoms with van der Waals surface area (Å²) in [4.78, 5) is 12.4. The minimum atomic E-state index is -0.294. The van der Waals surface area contributed by atoms with Gasteiger partial charge in [0.25, 0.3) is 0 Å². The van der Waals surface area contributed by atoms with E-state index in [0.29, 0.717) is 41.7 Å². The summed E-state index contributed by atoms with van der Waals surface area (Å²) in [6.45, 7) is 1.46. The number of hydrogen-bond donors (Lipinski definition) is 1. The minimum Gasteiger partial charge on any atom is -0.493 e. The van der Waals surface area contributed by atoms with Gasteiger partial charge in [0, 0.05) is 16.1 Å². The van der Waals surface area contributed by atoms with Crippen molar-refractivity contribution in [1.29, 1.82) is 0 Å². The monoisotopic (exact) mass is 332 g/mol. The van der Waals surface area contributed by atoms with Crippen LogP contribution >= 0.6 is 11.6 Å². The summed E-state index contributed by atoms with van der Waals surface area (Å²) in [5.41, 5.74) is 0.884. The Balaban J connectivity index is 1.64. The molecule has 2 aromatic rings. The van der Waals surface area contributed by atoms with Gasteiger partial charge < -0.3 is 14.6 Å². The third kappa shape index (κ3) is 3.55. The predicted molar refractivity (Wildman–Crippen MR) is 87.2 cm³/mol. The summed E-state index contributed by atoms with van der Waals surface area (Å²) in [6.07, 6.45) is 0. The normalized spacial score (nSPS) is 15.7. The molecule has 4 nitrogen and oxygen atoms in total. The van der Waals surface area contributed by atoms with Gasteiger partial charge in [-0.05, 0) is 48.5 Å². The van der Waals surface area contributed by atoms with Crippen LogP contribution in [0.25, 0.3) is 0 Å². The van der Waals surface area contributed by atoms with E-state index in [2.05, 4.69) is 0 Å². The highest BCUT2D eigenvalue weighted by Gasteiger charge is 2.39. The van der Waals surface area contributed by atoms with Gasteiger partial charge >= 0.3 is 0 Å². The largest absolute Gasteiger partial charge is 0.493 e. The third-order valence-electron chi connectivity index (χ3n) is 3.92. The summed E-state index contributed by atoms with van der Waals surface area (Å²) in [5, 5.41) is 9.96. The quantitative estimate of drug-likeness (QED) is 0.826. The van der Waals surface area contributed by atoms with E-state index in [-0.39, 0.29) is 17.8 Å². The number of hydrogen-bond acceptors (Lipinski definition) is 4. The molecule has 0 spiro atoms. The maximum atomic E-state index is 12.4. The number of carbonyl (C=O) groups excluding carboxylic acids is 1. The highest BCUT2D eigenvalue weighted by Crippen LogP contribution is 2.28. The molecule has 0 atom stereocenters. The van der Waals surface area contributed by atoms with Crippen molar-refractivity contribution in [2.75, 3.05) is 26.4 Å². The molecule has 0 radical (unpaired) electrons. The lowest BCUT2D eigenvalue weighted by Crippen LogP contribution is -2.49. The van der Waals surface area contributed by atoms with E-state index in [0.717, 1.165) is 0 Å². The lowest BCUT2D eigenvalue weighted by molar-refractivity contribution is -0.153. The molecule has 1 heterocycles. The van der Waals surface area contributed by atoms with Gasteiger partial charge in [0.2, 0.25) is 0 Å². The number of halogens is 1. The smallest absolute Gasteiger partial charge is 0.193 e. The molecule has 5 heteroatoms. The molecule has 0 unspecified atom stereocenters. The van der Waals surface area contributed by atoms with Crippen molar-refractivity contribution in [2.24, 2.45) is 5.41 Å². The van der Waals surface area contributed by atoms with Crippen molar-refractivity contribution < 1.29 is 19.4 Å². The molecule has 1 fully saturated rings. The van der Waals surface area contributed by atoms with E-state index in [1.54, 1.807) is 48.5 Å². The Morgan fingerprint density at radius 1 is 1.09 bits per heavy atom. The van der Waals surface area contributed by atoms with Crippen LogP contribution < -0.4 is 4.74 Å². The fourth-order valence-electron chi connectivity index (χ4n) is 2.32. The van der Waals surface area contributed by atoms with E-state index < -0.39 is 0 Å².